The predicted molar refractivity (Wildman–Crippen MR) is 46.3 cm³/mol. The SMILES string of the molecule is CC(F)Cn1cccc1CC(=O)O. The van der Waals surface area contributed by atoms with Crippen molar-refractivity contribution >= 4 is 5.97 Å². The number of carboxylic acids is 1. The van der Waals surface area contributed by atoms with Gasteiger partial charge in [0.25, 0.3) is 0 Å². The fourth-order valence-corrected chi connectivity index (χ4v) is 1.21. The van der Waals surface area contributed by atoms with E-state index in [0.29, 0.717) is 5.69 Å². The normalized spacial score (nSPS) is 12.8. The van der Waals surface area contributed by atoms with Crippen LogP contribution in [0.1, 0.15) is 12.6 Å². The maximum absolute atomic E-state index is 12.6. The third-order valence-electron chi connectivity index (χ3n) is 1.70. The Labute approximate surface area is 75.8 Å². The van der Waals surface area contributed by atoms with Gasteiger partial charge in [-0.1, -0.05) is 0 Å². The molecule has 0 aliphatic heterocycles. The third-order valence-corrected chi connectivity index (χ3v) is 1.70. The smallest absolute Gasteiger partial charge is 0.309 e. The molecule has 0 saturated carbocycles. The zero-order chi connectivity index (χ0) is 9.84. The number of carboxylic acid groups (broad SMARTS) is 1. The lowest BCUT2D eigenvalue weighted by Gasteiger charge is -2.07. The van der Waals surface area contributed by atoms with E-state index in [1.807, 2.05) is 0 Å². The maximum Gasteiger partial charge on any atom is 0.309 e. The minimum absolute atomic E-state index is 0.0558. The van der Waals surface area contributed by atoms with E-state index in [1.165, 1.54) is 6.92 Å². The summed E-state index contributed by atoms with van der Waals surface area (Å²) in [5.74, 6) is -0.897. The first-order valence-electron chi connectivity index (χ1n) is 4.09. The van der Waals surface area contributed by atoms with Crippen molar-refractivity contribution in [2.24, 2.45) is 0 Å². The molecule has 1 rings (SSSR count). The van der Waals surface area contributed by atoms with Crippen molar-refractivity contribution in [2.45, 2.75) is 26.1 Å². The number of aromatic nitrogens is 1. The molecule has 0 saturated heterocycles. The number of carbonyl (C=O) groups is 1. The van der Waals surface area contributed by atoms with E-state index in [9.17, 15) is 9.18 Å². The lowest BCUT2D eigenvalue weighted by atomic mass is 10.3. The second-order valence-corrected chi connectivity index (χ2v) is 3.00. The first-order chi connectivity index (χ1) is 6.09. The number of rotatable bonds is 4. The largest absolute Gasteiger partial charge is 0.481 e. The lowest BCUT2D eigenvalue weighted by Crippen LogP contribution is -2.12. The van der Waals surface area contributed by atoms with Gasteiger partial charge in [-0.05, 0) is 19.1 Å². The fraction of sp³-hybridized carbons (Fsp3) is 0.444. The van der Waals surface area contributed by atoms with Crippen molar-refractivity contribution in [3.8, 4) is 0 Å². The van der Waals surface area contributed by atoms with E-state index < -0.39 is 12.1 Å². The highest BCUT2D eigenvalue weighted by atomic mass is 19.1. The van der Waals surface area contributed by atoms with Crippen LogP contribution < -0.4 is 0 Å². The minimum atomic E-state index is -0.958. The van der Waals surface area contributed by atoms with Crippen molar-refractivity contribution in [1.29, 1.82) is 0 Å². The Hall–Kier alpha value is -1.32. The molecule has 3 nitrogen and oxygen atoms in total. The van der Waals surface area contributed by atoms with Gasteiger partial charge in [-0.3, -0.25) is 4.79 Å². The molecule has 72 valence electrons. The average Bonchev–Trinajstić information content (AvgIpc) is 2.34. The summed E-state index contributed by atoms with van der Waals surface area (Å²) in [5, 5.41) is 8.54. The zero-order valence-electron chi connectivity index (χ0n) is 7.40. The van der Waals surface area contributed by atoms with Crippen molar-refractivity contribution < 1.29 is 14.3 Å². The number of halogens is 1. The van der Waals surface area contributed by atoms with Gasteiger partial charge in [-0.15, -0.1) is 0 Å². The molecule has 0 amide bonds. The minimum Gasteiger partial charge on any atom is -0.481 e. The molecular formula is C9H12FNO2. The fourth-order valence-electron chi connectivity index (χ4n) is 1.21. The summed E-state index contributed by atoms with van der Waals surface area (Å²) in [7, 11) is 0. The molecule has 1 heterocycles. The molecule has 0 aliphatic carbocycles. The highest BCUT2D eigenvalue weighted by Gasteiger charge is 2.07. The molecule has 1 N–H and O–H groups in total. The van der Waals surface area contributed by atoms with Crippen LogP contribution in [0.3, 0.4) is 0 Å². The van der Waals surface area contributed by atoms with E-state index in [2.05, 4.69) is 0 Å². The summed E-state index contributed by atoms with van der Waals surface area (Å²) in [5.41, 5.74) is 0.636. The molecule has 1 unspecified atom stereocenters. The highest BCUT2D eigenvalue weighted by Crippen LogP contribution is 2.05. The van der Waals surface area contributed by atoms with Gasteiger partial charge in [0.2, 0.25) is 0 Å². The van der Waals surface area contributed by atoms with Gasteiger partial charge < -0.3 is 9.67 Å². The van der Waals surface area contributed by atoms with Gasteiger partial charge in [-0.25, -0.2) is 4.39 Å². The molecule has 1 atom stereocenters. The number of nitrogens with zero attached hydrogens (tertiary/aromatic N) is 1. The van der Waals surface area contributed by atoms with Crippen LogP contribution in [0.25, 0.3) is 0 Å². The Balaban J connectivity index is 2.71. The van der Waals surface area contributed by atoms with Crippen LogP contribution in [0.4, 0.5) is 4.39 Å². The van der Waals surface area contributed by atoms with Gasteiger partial charge in [0.1, 0.15) is 6.17 Å². The van der Waals surface area contributed by atoms with Crippen molar-refractivity contribution in [1.82, 2.24) is 4.57 Å². The monoisotopic (exact) mass is 185 g/mol. The summed E-state index contributed by atoms with van der Waals surface area (Å²) in [6, 6.07) is 3.41. The molecule has 0 fully saturated rings. The molecular weight excluding hydrogens is 173 g/mol. The van der Waals surface area contributed by atoms with E-state index in [1.54, 1.807) is 22.9 Å². The molecule has 1 aromatic heterocycles. The summed E-state index contributed by atoms with van der Waals surface area (Å²) in [6.07, 6.45) is 0.675. The standard InChI is InChI=1S/C9H12FNO2/c1-7(10)6-11-4-2-3-8(11)5-9(12)13/h2-4,7H,5-6H2,1H3,(H,12,13). The summed E-state index contributed by atoms with van der Waals surface area (Å²) in [6.45, 7) is 1.67. The second kappa shape index (κ2) is 4.07. The number of hydrogen-bond acceptors (Lipinski definition) is 1. The topological polar surface area (TPSA) is 42.2 Å². The third kappa shape index (κ3) is 2.89. The van der Waals surface area contributed by atoms with Gasteiger partial charge >= 0.3 is 5.97 Å². The van der Waals surface area contributed by atoms with Crippen LogP contribution in [0.15, 0.2) is 18.3 Å². The van der Waals surface area contributed by atoms with Gasteiger partial charge in [0, 0.05) is 11.9 Å². The molecule has 0 bridgehead atoms. The van der Waals surface area contributed by atoms with Crippen LogP contribution in [-0.2, 0) is 17.8 Å². The molecule has 13 heavy (non-hydrogen) atoms. The average molecular weight is 185 g/mol. The molecule has 4 heteroatoms. The molecule has 0 spiro atoms. The van der Waals surface area contributed by atoms with E-state index >= 15 is 0 Å². The summed E-state index contributed by atoms with van der Waals surface area (Å²) in [4.78, 5) is 10.4. The predicted octanol–water partition coefficient (Wildman–Crippen LogP) is 1.47. The number of alkyl halides is 1. The van der Waals surface area contributed by atoms with Crippen LogP contribution >= 0.6 is 0 Å². The number of aliphatic carboxylic acids is 1. The van der Waals surface area contributed by atoms with Crippen LogP contribution in [0.2, 0.25) is 0 Å². The Morgan fingerprint density at radius 2 is 2.46 bits per heavy atom. The zero-order valence-corrected chi connectivity index (χ0v) is 7.40. The Bertz CT molecular complexity index is 294. The first-order valence-corrected chi connectivity index (χ1v) is 4.09. The van der Waals surface area contributed by atoms with Crippen LogP contribution in [0, 0.1) is 0 Å². The van der Waals surface area contributed by atoms with Crippen molar-refractivity contribution in [3.63, 3.8) is 0 Å². The quantitative estimate of drug-likeness (QED) is 0.771. The van der Waals surface area contributed by atoms with Gasteiger partial charge in [-0.2, -0.15) is 0 Å². The van der Waals surface area contributed by atoms with Gasteiger partial charge in [0.05, 0.1) is 13.0 Å². The molecule has 0 radical (unpaired) electrons. The van der Waals surface area contributed by atoms with Crippen molar-refractivity contribution in [2.75, 3.05) is 0 Å². The maximum atomic E-state index is 12.6. The van der Waals surface area contributed by atoms with E-state index in [0.717, 1.165) is 0 Å². The first kappa shape index (κ1) is 9.77. The number of hydrogen-bond donors (Lipinski definition) is 1. The Morgan fingerprint density at radius 1 is 1.77 bits per heavy atom. The molecule has 0 aromatic carbocycles. The second-order valence-electron chi connectivity index (χ2n) is 3.00. The van der Waals surface area contributed by atoms with E-state index in [4.69, 9.17) is 5.11 Å². The molecule has 1 aromatic rings. The Morgan fingerprint density at radius 3 is 3.00 bits per heavy atom. The Kier molecular flexibility index (Phi) is 3.06. The van der Waals surface area contributed by atoms with Gasteiger partial charge in [0.15, 0.2) is 0 Å². The van der Waals surface area contributed by atoms with E-state index in [-0.39, 0.29) is 13.0 Å². The lowest BCUT2D eigenvalue weighted by molar-refractivity contribution is -0.136. The van der Waals surface area contributed by atoms with Crippen molar-refractivity contribution in [3.05, 3.63) is 24.0 Å². The summed E-state index contributed by atoms with van der Waals surface area (Å²) >= 11 is 0. The molecule has 0 aliphatic rings. The summed E-state index contributed by atoms with van der Waals surface area (Å²) < 4.78 is 14.2. The van der Waals surface area contributed by atoms with Crippen LogP contribution in [0.5, 0.6) is 0 Å². The highest BCUT2D eigenvalue weighted by molar-refractivity contribution is 5.69. The van der Waals surface area contributed by atoms with Crippen LogP contribution in [-0.4, -0.2) is 21.8 Å².